The van der Waals surface area contributed by atoms with E-state index in [0.29, 0.717) is 5.75 Å². The molecule has 0 unspecified atom stereocenters. The molecule has 0 aliphatic heterocycles. The maximum Gasteiger partial charge on any atom is 0.179 e. The standard InChI is InChI=1S/C14H17NO3S3/c1-11-12(2)19-14(15-11)10-20(16)8-9-21(17,18)13-6-4-3-5-7-13/h3-7H,8-10H2,1-2H3/t20-/m1/s1. The molecule has 0 N–H and O–H groups in total. The van der Waals surface area contributed by atoms with Gasteiger partial charge in [-0.15, -0.1) is 11.3 Å². The lowest BCUT2D eigenvalue weighted by Gasteiger charge is -2.04. The Labute approximate surface area is 131 Å². The van der Waals surface area contributed by atoms with Crippen LogP contribution in [0.25, 0.3) is 0 Å². The van der Waals surface area contributed by atoms with E-state index in [0.717, 1.165) is 15.6 Å². The molecular formula is C14H17NO3S3. The normalized spacial score (nSPS) is 13.2. The maximum absolute atomic E-state index is 12.1. The zero-order chi connectivity index (χ0) is 15.5. The number of aryl methyl sites for hydroxylation is 2. The van der Waals surface area contributed by atoms with Crippen LogP contribution in [0.5, 0.6) is 0 Å². The summed E-state index contributed by atoms with van der Waals surface area (Å²) in [4.78, 5) is 5.72. The van der Waals surface area contributed by atoms with Gasteiger partial charge in [-0.3, -0.25) is 4.21 Å². The van der Waals surface area contributed by atoms with E-state index in [1.54, 1.807) is 30.3 Å². The van der Waals surface area contributed by atoms with Crippen molar-refractivity contribution >= 4 is 32.0 Å². The highest BCUT2D eigenvalue weighted by atomic mass is 32.2. The van der Waals surface area contributed by atoms with E-state index in [4.69, 9.17) is 0 Å². The van der Waals surface area contributed by atoms with Crippen molar-refractivity contribution in [3.63, 3.8) is 0 Å². The van der Waals surface area contributed by atoms with Crippen LogP contribution in [-0.4, -0.2) is 29.1 Å². The first-order chi connectivity index (χ1) is 9.88. The van der Waals surface area contributed by atoms with E-state index >= 15 is 0 Å². The summed E-state index contributed by atoms with van der Waals surface area (Å²) in [6.07, 6.45) is 0. The van der Waals surface area contributed by atoms with E-state index in [1.807, 2.05) is 13.8 Å². The average molecular weight is 343 g/mol. The van der Waals surface area contributed by atoms with Gasteiger partial charge in [-0.2, -0.15) is 0 Å². The van der Waals surface area contributed by atoms with Crippen LogP contribution in [0.3, 0.4) is 0 Å². The van der Waals surface area contributed by atoms with Crippen molar-refractivity contribution in [1.82, 2.24) is 4.98 Å². The summed E-state index contributed by atoms with van der Waals surface area (Å²) in [5, 5.41) is 0.806. The van der Waals surface area contributed by atoms with Gasteiger partial charge in [-0.05, 0) is 26.0 Å². The van der Waals surface area contributed by atoms with Crippen LogP contribution in [0.4, 0.5) is 0 Å². The molecule has 0 spiro atoms. The van der Waals surface area contributed by atoms with Crippen molar-refractivity contribution in [2.24, 2.45) is 0 Å². The molecule has 1 aromatic heterocycles. The van der Waals surface area contributed by atoms with Gasteiger partial charge in [0.2, 0.25) is 0 Å². The minimum Gasteiger partial charge on any atom is -0.259 e. The first-order valence-electron chi connectivity index (χ1n) is 6.44. The molecule has 1 heterocycles. The van der Waals surface area contributed by atoms with E-state index in [-0.39, 0.29) is 16.4 Å². The number of hydrogen-bond acceptors (Lipinski definition) is 5. The van der Waals surface area contributed by atoms with Gasteiger partial charge in [0.15, 0.2) is 9.84 Å². The molecule has 0 radical (unpaired) electrons. The third kappa shape index (κ3) is 4.46. The first kappa shape index (κ1) is 16.3. The van der Waals surface area contributed by atoms with Crippen molar-refractivity contribution in [2.45, 2.75) is 24.5 Å². The van der Waals surface area contributed by atoms with Crippen LogP contribution < -0.4 is 0 Å². The van der Waals surface area contributed by atoms with Crippen LogP contribution >= 0.6 is 11.3 Å². The van der Waals surface area contributed by atoms with Crippen molar-refractivity contribution in [3.8, 4) is 0 Å². The van der Waals surface area contributed by atoms with Crippen LogP contribution in [0.15, 0.2) is 35.2 Å². The molecule has 114 valence electrons. The second-order valence-electron chi connectivity index (χ2n) is 4.67. The molecule has 0 fully saturated rings. The van der Waals surface area contributed by atoms with Gasteiger partial charge >= 0.3 is 0 Å². The molecule has 0 saturated carbocycles. The van der Waals surface area contributed by atoms with Gasteiger partial charge in [0.05, 0.1) is 22.1 Å². The summed E-state index contributed by atoms with van der Waals surface area (Å²) in [6.45, 7) is 3.89. The summed E-state index contributed by atoms with van der Waals surface area (Å²) in [5.41, 5.74) is 0.948. The minimum absolute atomic E-state index is 0.104. The molecule has 2 aromatic rings. The van der Waals surface area contributed by atoms with E-state index in [9.17, 15) is 12.6 Å². The van der Waals surface area contributed by atoms with Crippen molar-refractivity contribution in [2.75, 3.05) is 11.5 Å². The van der Waals surface area contributed by atoms with Gasteiger partial charge < -0.3 is 0 Å². The quantitative estimate of drug-likeness (QED) is 0.808. The Bertz CT molecular complexity index is 717. The van der Waals surface area contributed by atoms with Gasteiger partial charge in [-0.1, -0.05) is 18.2 Å². The van der Waals surface area contributed by atoms with Crippen molar-refractivity contribution in [1.29, 1.82) is 0 Å². The summed E-state index contributed by atoms with van der Waals surface area (Å²) in [5.74, 6) is 0.353. The van der Waals surface area contributed by atoms with E-state index in [2.05, 4.69) is 4.98 Å². The van der Waals surface area contributed by atoms with Gasteiger partial charge in [0.25, 0.3) is 0 Å². The van der Waals surface area contributed by atoms with Crippen LogP contribution in [0, 0.1) is 13.8 Å². The molecule has 2 rings (SSSR count). The lowest BCUT2D eigenvalue weighted by molar-refractivity contribution is 0.597. The molecular weight excluding hydrogens is 326 g/mol. The predicted molar refractivity (Wildman–Crippen MR) is 86.8 cm³/mol. The fourth-order valence-electron chi connectivity index (χ4n) is 1.76. The van der Waals surface area contributed by atoms with Gasteiger partial charge in [0.1, 0.15) is 5.01 Å². The number of rotatable bonds is 6. The number of thiazole rings is 1. The molecule has 4 nitrogen and oxygen atoms in total. The number of aromatic nitrogens is 1. The van der Waals surface area contributed by atoms with Gasteiger partial charge in [0, 0.05) is 21.4 Å². The Balaban J connectivity index is 1.95. The number of nitrogens with zero attached hydrogens (tertiary/aromatic N) is 1. The number of sulfone groups is 1. The van der Waals surface area contributed by atoms with Crippen LogP contribution in [0.2, 0.25) is 0 Å². The predicted octanol–water partition coefficient (Wildman–Crippen LogP) is 2.48. The van der Waals surface area contributed by atoms with Crippen LogP contribution in [-0.2, 0) is 26.4 Å². The maximum atomic E-state index is 12.1. The van der Waals surface area contributed by atoms with Crippen LogP contribution in [0.1, 0.15) is 15.6 Å². The molecule has 0 bridgehead atoms. The SMILES string of the molecule is Cc1nc(C[S@](=O)CCS(=O)(=O)c2ccccc2)sc1C. The highest BCUT2D eigenvalue weighted by molar-refractivity contribution is 7.93. The molecule has 0 amide bonds. The molecule has 0 saturated heterocycles. The Kier molecular flexibility index (Phi) is 5.29. The lowest BCUT2D eigenvalue weighted by Crippen LogP contribution is -2.14. The Morgan fingerprint density at radius 1 is 1.19 bits per heavy atom. The highest BCUT2D eigenvalue weighted by Gasteiger charge is 2.16. The Morgan fingerprint density at radius 3 is 2.43 bits per heavy atom. The summed E-state index contributed by atoms with van der Waals surface area (Å²) in [7, 11) is -4.58. The van der Waals surface area contributed by atoms with Crippen molar-refractivity contribution < 1.29 is 12.6 Å². The summed E-state index contributed by atoms with van der Waals surface area (Å²) >= 11 is 1.52. The number of benzene rings is 1. The fourth-order valence-corrected chi connectivity index (χ4v) is 6.03. The third-order valence-corrected chi connectivity index (χ3v) is 7.54. The molecule has 0 aliphatic rings. The molecule has 7 heteroatoms. The highest BCUT2D eigenvalue weighted by Crippen LogP contribution is 2.18. The molecule has 21 heavy (non-hydrogen) atoms. The molecule has 1 atom stereocenters. The monoisotopic (exact) mass is 343 g/mol. The zero-order valence-electron chi connectivity index (χ0n) is 11.9. The lowest BCUT2D eigenvalue weighted by atomic mass is 10.4. The smallest absolute Gasteiger partial charge is 0.179 e. The largest absolute Gasteiger partial charge is 0.259 e. The van der Waals surface area contributed by atoms with Crippen molar-refractivity contribution in [3.05, 3.63) is 45.9 Å². The van der Waals surface area contributed by atoms with E-state index in [1.165, 1.54) is 11.3 Å². The number of hydrogen-bond donors (Lipinski definition) is 0. The second kappa shape index (κ2) is 6.81. The second-order valence-corrected chi connectivity index (χ2v) is 9.64. The zero-order valence-corrected chi connectivity index (χ0v) is 14.4. The molecule has 0 aliphatic carbocycles. The third-order valence-electron chi connectivity index (χ3n) is 3.04. The van der Waals surface area contributed by atoms with E-state index < -0.39 is 20.6 Å². The summed E-state index contributed by atoms with van der Waals surface area (Å²) in [6, 6.07) is 8.26. The fraction of sp³-hybridized carbons (Fsp3) is 0.357. The molecule has 1 aromatic carbocycles. The first-order valence-corrected chi connectivity index (χ1v) is 10.4. The Hall–Kier alpha value is -1.05. The minimum atomic E-state index is -3.36. The topological polar surface area (TPSA) is 64.1 Å². The average Bonchev–Trinajstić information content (AvgIpc) is 2.76. The summed E-state index contributed by atoms with van der Waals surface area (Å²) < 4.78 is 36.2. The Morgan fingerprint density at radius 2 is 1.86 bits per heavy atom. The van der Waals surface area contributed by atoms with Gasteiger partial charge in [-0.25, -0.2) is 13.4 Å².